The van der Waals surface area contributed by atoms with Crippen molar-refractivity contribution in [2.24, 2.45) is 11.8 Å². The van der Waals surface area contributed by atoms with Gasteiger partial charge in [-0.05, 0) is 56.4 Å². The van der Waals surface area contributed by atoms with Gasteiger partial charge in [-0.3, -0.25) is 0 Å². The molecular weight excluding hydrogens is 400 g/mol. The monoisotopic (exact) mass is 429 g/mol. The third-order valence-electron chi connectivity index (χ3n) is 6.70. The lowest BCUT2D eigenvalue weighted by Gasteiger charge is -2.40. The lowest BCUT2D eigenvalue weighted by Crippen LogP contribution is -2.48. The Bertz CT molecular complexity index is 839. The highest BCUT2D eigenvalue weighted by Gasteiger charge is 2.37. The van der Waals surface area contributed by atoms with E-state index in [-0.39, 0.29) is 42.3 Å². The maximum atomic E-state index is 14.6. The number of sulfonamides is 1. The first-order chi connectivity index (χ1) is 13.8. The molecule has 4 aliphatic rings. The van der Waals surface area contributed by atoms with Crippen molar-refractivity contribution < 1.29 is 26.7 Å². The Morgan fingerprint density at radius 1 is 1.03 bits per heavy atom. The van der Waals surface area contributed by atoms with Crippen molar-refractivity contribution in [3.05, 3.63) is 29.3 Å². The van der Waals surface area contributed by atoms with Gasteiger partial charge in [-0.25, -0.2) is 21.9 Å². The Balaban J connectivity index is 1.65. The molecule has 2 fully saturated rings. The number of benzene rings is 1. The summed E-state index contributed by atoms with van der Waals surface area (Å²) in [5.41, 5.74) is 0.611. The highest BCUT2D eigenvalue weighted by atomic mass is 32.2. The van der Waals surface area contributed by atoms with Crippen molar-refractivity contribution in [3.63, 3.8) is 0 Å². The molecule has 0 radical (unpaired) electrons. The zero-order valence-electron chi connectivity index (χ0n) is 16.7. The molecule has 2 saturated carbocycles. The summed E-state index contributed by atoms with van der Waals surface area (Å²) in [4.78, 5) is 0. The molecule has 2 aliphatic carbocycles. The van der Waals surface area contributed by atoms with Crippen LogP contribution in [0.15, 0.2) is 12.1 Å². The Kier molecular flexibility index (Phi) is 6.14. The Morgan fingerprint density at radius 2 is 1.79 bits per heavy atom. The van der Waals surface area contributed by atoms with E-state index in [1.54, 1.807) is 0 Å². The fourth-order valence-corrected chi connectivity index (χ4v) is 6.09. The number of hydrogen-bond acceptors (Lipinski definition) is 4. The SMILES string of the molecule is CS(=O)(=O)N[C@H]1CCCC2COc3c(F)cc(F)cc3[C@H]3CC[C@H](CC3)OC[C@H]21. The molecule has 5 nitrogen and oxygen atoms in total. The molecule has 2 bridgehead atoms. The predicted molar refractivity (Wildman–Crippen MR) is 105 cm³/mol. The van der Waals surface area contributed by atoms with E-state index in [1.807, 2.05) is 0 Å². The standard InChI is InChI=1S/C21H29F2NO4S/c1-29(25,26)24-20-4-2-3-14-11-28-21-17(9-15(22)10-19(21)23)13-5-7-16(8-6-13)27-12-18(14)20/h9-10,13-14,16,18,20,24H,2-8,11-12H2,1H3/t13-,14?,16+,18-,20+/m1/s1. The summed E-state index contributed by atoms with van der Waals surface area (Å²) in [5.74, 6) is -1.01. The normalized spacial score (nSPS) is 33.0. The van der Waals surface area contributed by atoms with Gasteiger partial charge in [0.25, 0.3) is 0 Å². The predicted octanol–water partition coefficient (Wildman–Crippen LogP) is 3.73. The van der Waals surface area contributed by atoms with Crippen molar-refractivity contribution in [1.82, 2.24) is 4.72 Å². The van der Waals surface area contributed by atoms with Gasteiger partial charge in [-0.15, -0.1) is 0 Å². The van der Waals surface area contributed by atoms with Crippen LogP contribution in [0.3, 0.4) is 0 Å². The van der Waals surface area contributed by atoms with Crippen LogP contribution in [-0.2, 0) is 14.8 Å². The number of halogens is 2. The maximum Gasteiger partial charge on any atom is 0.208 e. The van der Waals surface area contributed by atoms with Crippen molar-refractivity contribution in [2.45, 2.75) is 63.0 Å². The molecule has 2 aliphatic heterocycles. The molecule has 1 unspecified atom stereocenters. The first-order valence-corrected chi connectivity index (χ1v) is 12.4. The van der Waals surface area contributed by atoms with Crippen molar-refractivity contribution >= 4 is 10.0 Å². The third kappa shape index (κ3) is 4.91. The molecule has 8 heteroatoms. The molecular formula is C21H29F2NO4S. The van der Waals surface area contributed by atoms with Crippen molar-refractivity contribution in [3.8, 4) is 5.75 Å². The number of hydrogen-bond donors (Lipinski definition) is 1. The van der Waals surface area contributed by atoms with E-state index < -0.39 is 21.7 Å². The van der Waals surface area contributed by atoms with E-state index in [9.17, 15) is 17.2 Å². The van der Waals surface area contributed by atoms with E-state index >= 15 is 0 Å². The van der Waals surface area contributed by atoms with E-state index in [1.165, 1.54) is 12.3 Å². The van der Waals surface area contributed by atoms with Crippen LogP contribution >= 0.6 is 0 Å². The zero-order valence-corrected chi connectivity index (χ0v) is 17.5. The average molecular weight is 430 g/mol. The van der Waals surface area contributed by atoms with Crippen LogP contribution in [-0.4, -0.2) is 40.0 Å². The first kappa shape index (κ1) is 21.0. The van der Waals surface area contributed by atoms with Gasteiger partial charge in [-0.1, -0.05) is 6.42 Å². The lowest BCUT2D eigenvalue weighted by atomic mass is 9.76. The molecule has 1 N–H and O–H groups in total. The molecule has 0 spiro atoms. The van der Waals surface area contributed by atoms with E-state index in [4.69, 9.17) is 9.47 Å². The summed E-state index contributed by atoms with van der Waals surface area (Å²) in [5, 5.41) is 0. The summed E-state index contributed by atoms with van der Waals surface area (Å²) in [7, 11) is -3.34. The van der Waals surface area contributed by atoms with Gasteiger partial charge in [0.2, 0.25) is 10.0 Å². The largest absolute Gasteiger partial charge is 0.490 e. The van der Waals surface area contributed by atoms with Crippen LogP contribution in [0.2, 0.25) is 0 Å². The number of nitrogens with one attached hydrogen (secondary N) is 1. The first-order valence-electron chi connectivity index (χ1n) is 10.5. The van der Waals surface area contributed by atoms with Gasteiger partial charge in [-0.2, -0.15) is 0 Å². The van der Waals surface area contributed by atoms with Crippen LogP contribution in [0.5, 0.6) is 5.75 Å². The summed E-state index contributed by atoms with van der Waals surface area (Å²) in [6.45, 7) is 0.734. The minimum Gasteiger partial charge on any atom is -0.490 e. The van der Waals surface area contributed by atoms with Crippen LogP contribution < -0.4 is 9.46 Å². The molecule has 2 heterocycles. The van der Waals surface area contributed by atoms with Crippen molar-refractivity contribution in [2.75, 3.05) is 19.5 Å². The Morgan fingerprint density at radius 3 is 2.52 bits per heavy atom. The van der Waals surface area contributed by atoms with Crippen molar-refractivity contribution in [1.29, 1.82) is 0 Å². The molecule has 0 amide bonds. The van der Waals surface area contributed by atoms with Gasteiger partial charge in [0.05, 0.1) is 25.6 Å². The number of ether oxygens (including phenoxy) is 2. The molecule has 5 rings (SSSR count). The van der Waals surface area contributed by atoms with E-state index in [2.05, 4.69) is 4.72 Å². The zero-order chi connectivity index (χ0) is 20.6. The summed E-state index contributed by atoms with van der Waals surface area (Å²) < 4.78 is 67.2. The van der Waals surface area contributed by atoms with Crippen LogP contribution in [0.4, 0.5) is 8.78 Å². The van der Waals surface area contributed by atoms with Crippen LogP contribution in [0.1, 0.15) is 56.4 Å². The summed E-state index contributed by atoms with van der Waals surface area (Å²) in [6.07, 6.45) is 6.99. The van der Waals surface area contributed by atoms with Gasteiger partial charge in [0.1, 0.15) is 5.82 Å². The highest BCUT2D eigenvalue weighted by Crippen LogP contribution is 2.42. The summed E-state index contributed by atoms with van der Waals surface area (Å²) >= 11 is 0. The molecule has 0 saturated heterocycles. The fourth-order valence-electron chi connectivity index (χ4n) is 5.25. The van der Waals surface area contributed by atoms with Gasteiger partial charge in [0.15, 0.2) is 11.6 Å². The average Bonchev–Trinajstić information content (AvgIpc) is 2.64. The van der Waals surface area contributed by atoms with Gasteiger partial charge >= 0.3 is 0 Å². The minimum atomic E-state index is -3.34. The molecule has 0 aromatic heterocycles. The van der Waals surface area contributed by atoms with Gasteiger partial charge < -0.3 is 9.47 Å². The van der Waals surface area contributed by atoms with E-state index in [0.29, 0.717) is 12.2 Å². The number of rotatable bonds is 2. The Labute approximate surface area is 171 Å². The smallest absolute Gasteiger partial charge is 0.208 e. The minimum absolute atomic E-state index is 0.0393. The molecule has 29 heavy (non-hydrogen) atoms. The fraction of sp³-hybridized carbons (Fsp3) is 0.714. The van der Waals surface area contributed by atoms with E-state index in [0.717, 1.165) is 51.0 Å². The lowest BCUT2D eigenvalue weighted by molar-refractivity contribution is -0.0301. The van der Waals surface area contributed by atoms with Crippen LogP contribution in [0, 0.1) is 23.5 Å². The third-order valence-corrected chi connectivity index (χ3v) is 7.43. The van der Waals surface area contributed by atoms with Crippen LogP contribution in [0.25, 0.3) is 0 Å². The Hall–Kier alpha value is -1.25. The molecule has 1 aromatic rings. The maximum absolute atomic E-state index is 14.6. The second-order valence-electron chi connectivity index (χ2n) is 8.78. The second kappa shape index (κ2) is 8.47. The second-order valence-corrected chi connectivity index (χ2v) is 10.6. The summed E-state index contributed by atoms with van der Waals surface area (Å²) in [6, 6.07) is 2.07. The molecule has 1 aromatic carbocycles. The highest BCUT2D eigenvalue weighted by molar-refractivity contribution is 7.88. The molecule has 162 valence electrons. The number of fused-ring (bicyclic) bond motifs is 4. The molecule has 3 atom stereocenters. The van der Waals surface area contributed by atoms with Gasteiger partial charge in [0, 0.05) is 23.6 Å². The quantitative estimate of drug-likeness (QED) is 0.778. The topological polar surface area (TPSA) is 64.6 Å².